The van der Waals surface area contributed by atoms with Crippen LogP contribution in [-0.4, -0.2) is 11.0 Å². The summed E-state index contributed by atoms with van der Waals surface area (Å²) >= 11 is 4.99. The van der Waals surface area contributed by atoms with E-state index in [1.165, 1.54) is 11.6 Å². The normalized spacial score (nSPS) is 9.74. The quantitative estimate of drug-likeness (QED) is 0.554. The van der Waals surface area contributed by atoms with Gasteiger partial charge in [0.05, 0.1) is 11.7 Å². The summed E-state index contributed by atoms with van der Waals surface area (Å²) in [6, 6.07) is 11.3. The molecule has 19 heavy (non-hydrogen) atoms. The Kier molecular flexibility index (Phi) is 7.10. The van der Waals surface area contributed by atoms with E-state index in [1.54, 1.807) is 24.0 Å². The summed E-state index contributed by atoms with van der Waals surface area (Å²) in [5.74, 6) is -0.431. The zero-order valence-electron chi connectivity index (χ0n) is 10.3. The fourth-order valence-electron chi connectivity index (χ4n) is 1.33. The number of aromatic nitrogens is 1. The van der Waals surface area contributed by atoms with E-state index in [-0.39, 0.29) is 35.3 Å². The second kappa shape index (κ2) is 8.07. The number of rotatable bonds is 4. The van der Waals surface area contributed by atoms with Crippen LogP contribution in [0.3, 0.4) is 0 Å². The summed E-state index contributed by atoms with van der Waals surface area (Å²) in [5, 5.41) is 10.5. The van der Waals surface area contributed by atoms with Crippen LogP contribution < -0.4 is 34.7 Å². The molecule has 0 fully saturated rings. The summed E-state index contributed by atoms with van der Waals surface area (Å²) in [6.07, 6.45) is 1.55. The summed E-state index contributed by atoms with van der Waals surface area (Å²) in [5.41, 5.74) is 1.16. The van der Waals surface area contributed by atoms with E-state index < -0.39 is 5.97 Å². The van der Waals surface area contributed by atoms with Gasteiger partial charge in [-0.2, -0.15) is 0 Å². The maximum absolute atomic E-state index is 10.5. The van der Waals surface area contributed by atoms with Crippen molar-refractivity contribution in [3.63, 3.8) is 0 Å². The third kappa shape index (κ3) is 5.28. The van der Waals surface area contributed by atoms with Crippen LogP contribution in [0, 0.1) is 0 Å². The van der Waals surface area contributed by atoms with Gasteiger partial charge in [-0.25, -0.2) is 0 Å². The average molecular weight is 346 g/mol. The number of hydrogen-bond acceptors (Lipinski definition) is 4. The molecule has 0 atom stereocenters. The first-order chi connectivity index (χ1) is 8.65. The Morgan fingerprint density at radius 1 is 1.21 bits per heavy atom. The molecule has 92 valence electrons. The number of nitrogens with zero attached hydrogens (tertiary/aromatic N) is 1. The van der Waals surface area contributed by atoms with Crippen molar-refractivity contribution in [2.24, 2.45) is 0 Å². The van der Waals surface area contributed by atoms with E-state index in [4.69, 9.17) is 0 Å². The van der Waals surface area contributed by atoms with Crippen molar-refractivity contribution in [1.82, 2.24) is 4.98 Å². The van der Waals surface area contributed by atoms with E-state index in [9.17, 15) is 9.90 Å². The van der Waals surface area contributed by atoms with Crippen LogP contribution in [0.25, 0.3) is 0 Å². The first-order valence-electron chi connectivity index (χ1n) is 5.20. The zero-order valence-corrected chi connectivity index (χ0v) is 14.7. The van der Waals surface area contributed by atoms with Crippen LogP contribution in [0.4, 0.5) is 0 Å². The van der Waals surface area contributed by atoms with Gasteiger partial charge >= 0.3 is 29.6 Å². The van der Waals surface area contributed by atoms with Gasteiger partial charge in [0.1, 0.15) is 0 Å². The summed E-state index contributed by atoms with van der Waals surface area (Å²) in [6.45, 7) is 0. The SMILES string of the molecule is O=C([O-])c1ccc(SCc2ccc(Br)cc2)cn1.[Na+]. The van der Waals surface area contributed by atoms with Crippen LogP contribution in [0.15, 0.2) is 52.0 Å². The number of hydrogen-bond donors (Lipinski definition) is 0. The van der Waals surface area contributed by atoms with Crippen molar-refractivity contribution < 1.29 is 39.5 Å². The number of carbonyl (C=O) groups is 1. The Hall–Kier alpha value is -0.330. The number of thioether (sulfide) groups is 1. The first-order valence-corrected chi connectivity index (χ1v) is 6.97. The van der Waals surface area contributed by atoms with E-state index in [1.807, 2.05) is 24.3 Å². The molecule has 2 aromatic rings. The largest absolute Gasteiger partial charge is 1.00 e. The smallest absolute Gasteiger partial charge is 0.543 e. The van der Waals surface area contributed by atoms with Gasteiger partial charge in [-0.15, -0.1) is 11.8 Å². The second-order valence-corrected chi connectivity index (χ2v) is 5.55. The van der Waals surface area contributed by atoms with Gasteiger partial charge in [-0.1, -0.05) is 28.1 Å². The monoisotopic (exact) mass is 345 g/mol. The van der Waals surface area contributed by atoms with E-state index in [0.717, 1.165) is 15.1 Å². The molecule has 2 rings (SSSR count). The molecule has 0 bridgehead atoms. The van der Waals surface area contributed by atoms with Crippen molar-refractivity contribution in [3.05, 3.63) is 58.3 Å². The number of pyridine rings is 1. The minimum absolute atomic E-state index is 0. The first kappa shape index (κ1) is 16.7. The van der Waals surface area contributed by atoms with Crippen LogP contribution in [0.1, 0.15) is 16.1 Å². The van der Waals surface area contributed by atoms with Gasteiger partial charge in [-0.05, 0) is 29.8 Å². The van der Waals surface area contributed by atoms with Gasteiger partial charge in [0, 0.05) is 21.3 Å². The molecule has 0 aliphatic carbocycles. The van der Waals surface area contributed by atoms with E-state index in [0.29, 0.717) is 0 Å². The minimum atomic E-state index is -1.25. The predicted molar refractivity (Wildman–Crippen MR) is 72.3 cm³/mol. The summed E-state index contributed by atoms with van der Waals surface area (Å²) in [7, 11) is 0. The molecule has 1 aromatic carbocycles. The maximum atomic E-state index is 10.5. The third-order valence-electron chi connectivity index (χ3n) is 2.26. The summed E-state index contributed by atoms with van der Waals surface area (Å²) < 4.78 is 1.05. The van der Waals surface area contributed by atoms with Crippen molar-refractivity contribution in [2.45, 2.75) is 10.6 Å². The molecule has 0 amide bonds. The maximum Gasteiger partial charge on any atom is 1.00 e. The number of halogens is 1. The van der Waals surface area contributed by atoms with Crippen LogP contribution >= 0.6 is 27.7 Å². The Balaban J connectivity index is 0.00000180. The van der Waals surface area contributed by atoms with Crippen molar-refractivity contribution in [3.8, 4) is 0 Å². The molecular weight excluding hydrogens is 337 g/mol. The molecule has 6 heteroatoms. The van der Waals surface area contributed by atoms with Gasteiger partial charge in [-0.3, -0.25) is 4.98 Å². The van der Waals surface area contributed by atoms with Gasteiger partial charge in [0.2, 0.25) is 0 Å². The zero-order chi connectivity index (χ0) is 13.0. The molecule has 0 aliphatic rings. The molecule has 0 aliphatic heterocycles. The Morgan fingerprint density at radius 2 is 1.89 bits per heavy atom. The molecule has 0 radical (unpaired) electrons. The molecule has 0 saturated heterocycles. The molecule has 1 heterocycles. The summed E-state index contributed by atoms with van der Waals surface area (Å²) in [4.78, 5) is 15.3. The Labute approximate surface area is 146 Å². The van der Waals surface area contributed by atoms with Crippen molar-refractivity contribution in [1.29, 1.82) is 0 Å². The molecule has 0 unspecified atom stereocenters. The van der Waals surface area contributed by atoms with Crippen molar-refractivity contribution >= 4 is 33.7 Å². The standard InChI is InChI=1S/C13H10BrNO2S.Na/c14-10-3-1-9(2-4-10)8-18-11-5-6-12(13(16)17)15-7-11;/h1-7H,8H2,(H,16,17);/q;+1/p-1. The number of carbonyl (C=O) groups excluding carboxylic acids is 1. The fourth-order valence-corrected chi connectivity index (χ4v) is 2.42. The topological polar surface area (TPSA) is 53.0 Å². The van der Waals surface area contributed by atoms with E-state index >= 15 is 0 Å². The number of carboxylic acid groups (broad SMARTS) is 1. The molecule has 0 saturated carbocycles. The molecule has 3 nitrogen and oxygen atoms in total. The molecular formula is C13H9BrNNaO2S. The Bertz CT molecular complexity index is 546. The van der Waals surface area contributed by atoms with Crippen LogP contribution in [0.2, 0.25) is 0 Å². The van der Waals surface area contributed by atoms with Gasteiger partial charge < -0.3 is 9.90 Å². The third-order valence-corrected chi connectivity index (χ3v) is 3.85. The second-order valence-electron chi connectivity index (χ2n) is 3.58. The van der Waals surface area contributed by atoms with Crippen molar-refractivity contribution in [2.75, 3.05) is 0 Å². The molecule has 1 aromatic heterocycles. The van der Waals surface area contributed by atoms with Crippen LogP contribution in [-0.2, 0) is 5.75 Å². The Morgan fingerprint density at radius 3 is 2.42 bits per heavy atom. The van der Waals surface area contributed by atoms with E-state index in [2.05, 4.69) is 20.9 Å². The fraction of sp³-hybridized carbons (Fsp3) is 0.0769. The predicted octanol–water partition coefficient (Wildman–Crippen LogP) is -0.496. The number of benzene rings is 1. The van der Waals surface area contributed by atoms with Gasteiger partial charge in [0.25, 0.3) is 0 Å². The number of carboxylic acids is 1. The van der Waals surface area contributed by atoms with Crippen LogP contribution in [0.5, 0.6) is 0 Å². The van der Waals surface area contributed by atoms with Gasteiger partial charge in [0.15, 0.2) is 0 Å². The minimum Gasteiger partial charge on any atom is -0.543 e. The average Bonchev–Trinajstić information content (AvgIpc) is 2.38. The molecule has 0 spiro atoms. The number of aromatic carboxylic acids is 1. The molecule has 0 N–H and O–H groups in total.